The van der Waals surface area contributed by atoms with Crippen LogP contribution in [0.5, 0.6) is 0 Å². The molecule has 3 aromatic carbocycles. The molecule has 0 aromatic heterocycles. The smallest absolute Gasteiger partial charge is 0.166 e. The molecule has 6 heteroatoms. The second kappa shape index (κ2) is 4.88. The van der Waals surface area contributed by atoms with E-state index in [1.807, 2.05) is 0 Å². The van der Waals surface area contributed by atoms with E-state index in [9.17, 15) is 26.3 Å². The first kappa shape index (κ1) is 15.6. The Morgan fingerprint density at radius 2 is 1.04 bits per heavy atom. The molecule has 0 heterocycles. The molecule has 0 radical (unpaired) electrons. The van der Waals surface area contributed by atoms with Crippen molar-refractivity contribution in [1.29, 1.82) is 0 Å². The molecule has 23 heavy (non-hydrogen) atoms. The SMILES string of the molecule is Cc1ccc2c(C(F)(F)F)c3ccccc3c(C(F)(F)F)c2c1. The molecule has 0 spiro atoms. The van der Waals surface area contributed by atoms with Crippen LogP contribution in [0.25, 0.3) is 21.5 Å². The predicted molar refractivity (Wildman–Crippen MR) is 76.2 cm³/mol. The highest BCUT2D eigenvalue weighted by molar-refractivity contribution is 6.06. The molecule has 0 aliphatic carbocycles. The second-order valence-corrected chi connectivity index (χ2v) is 5.34. The minimum absolute atomic E-state index is 0.427. The van der Waals surface area contributed by atoms with Gasteiger partial charge in [-0.05, 0) is 28.5 Å². The van der Waals surface area contributed by atoms with Crippen LogP contribution in [0, 0.1) is 6.92 Å². The van der Waals surface area contributed by atoms with Crippen LogP contribution in [0.2, 0.25) is 0 Å². The summed E-state index contributed by atoms with van der Waals surface area (Å²) in [7, 11) is 0. The first-order chi connectivity index (χ1) is 10.6. The summed E-state index contributed by atoms with van der Waals surface area (Å²) >= 11 is 0. The summed E-state index contributed by atoms with van der Waals surface area (Å²) in [4.78, 5) is 0. The Bertz CT molecular complexity index is 903. The quantitative estimate of drug-likeness (QED) is 0.334. The lowest BCUT2D eigenvalue weighted by atomic mass is 9.90. The van der Waals surface area contributed by atoms with Gasteiger partial charge in [-0.1, -0.05) is 48.0 Å². The van der Waals surface area contributed by atoms with E-state index >= 15 is 0 Å². The zero-order chi connectivity index (χ0) is 17.0. The van der Waals surface area contributed by atoms with Crippen molar-refractivity contribution in [2.45, 2.75) is 19.3 Å². The van der Waals surface area contributed by atoms with E-state index in [0.29, 0.717) is 5.56 Å². The maximum Gasteiger partial charge on any atom is 0.417 e. The Labute approximate surface area is 127 Å². The largest absolute Gasteiger partial charge is 0.417 e. The highest BCUT2D eigenvalue weighted by atomic mass is 19.4. The third-order valence-electron chi connectivity index (χ3n) is 3.75. The third kappa shape index (κ3) is 2.52. The van der Waals surface area contributed by atoms with Crippen molar-refractivity contribution in [2.75, 3.05) is 0 Å². The molecular formula is C17H10F6. The number of rotatable bonds is 0. The summed E-state index contributed by atoms with van der Waals surface area (Å²) in [6.45, 7) is 1.54. The number of benzene rings is 3. The van der Waals surface area contributed by atoms with Gasteiger partial charge in [-0.25, -0.2) is 0 Å². The lowest BCUT2D eigenvalue weighted by Gasteiger charge is -2.20. The van der Waals surface area contributed by atoms with Crippen LogP contribution >= 0.6 is 0 Å². The van der Waals surface area contributed by atoms with E-state index in [-0.39, 0.29) is 0 Å². The first-order valence-electron chi connectivity index (χ1n) is 6.70. The second-order valence-electron chi connectivity index (χ2n) is 5.34. The Kier molecular flexibility index (Phi) is 3.32. The van der Waals surface area contributed by atoms with E-state index in [1.165, 1.54) is 18.2 Å². The summed E-state index contributed by atoms with van der Waals surface area (Å²) in [5.74, 6) is 0. The van der Waals surface area contributed by atoms with Crippen molar-refractivity contribution >= 4 is 21.5 Å². The van der Waals surface area contributed by atoms with Crippen LogP contribution in [0.4, 0.5) is 26.3 Å². The molecule has 0 bridgehead atoms. The molecule has 3 rings (SSSR count). The lowest BCUT2D eigenvalue weighted by Crippen LogP contribution is -2.12. The number of alkyl halides is 6. The van der Waals surface area contributed by atoms with Gasteiger partial charge in [-0.15, -0.1) is 0 Å². The average Bonchev–Trinajstić information content (AvgIpc) is 2.41. The first-order valence-corrected chi connectivity index (χ1v) is 6.70. The molecule has 0 saturated heterocycles. The van der Waals surface area contributed by atoms with Crippen LogP contribution in [0.3, 0.4) is 0 Å². The number of fused-ring (bicyclic) bond motifs is 2. The van der Waals surface area contributed by atoms with Crippen molar-refractivity contribution < 1.29 is 26.3 Å². The number of halogens is 6. The summed E-state index contributed by atoms with van der Waals surface area (Å²) in [6.07, 6.45) is -9.51. The average molecular weight is 328 g/mol. The van der Waals surface area contributed by atoms with Crippen molar-refractivity contribution in [2.24, 2.45) is 0 Å². The van der Waals surface area contributed by atoms with Gasteiger partial charge in [0.25, 0.3) is 0 Å². The van der Waals surface area contributed by atoms with E-state index in [4.69, 9.17) is 0 Å². The van der Waals surface area contributed by atoms with Crippen LogP contribution in [-0.4, -0.2) is 0 Å². The molecule has 0 fully saturated rings. The van der Waals surface area contributed by atoms with E-state index in [1.54, 1.807) is 6.92 Å². The molecule has 0 amide bonds. The topological polar surface area (TPSA) is 0 Å². The van der Waals surface area contributed by atoms with Crippen molar-refractivity contribution in [3.8, 4) is 0 Å². The number of aryl methyl sites for hydroxylation is 1. The minimum Gasteiger partial charge on any atom is -0.166 e. The molecule has 0 N–H and O–H groups in total. The molecule has 0 aliphatic heterocycles. The lowest BCUT2D eigenvalue weighted by molar-refractivity contribution is -0.137. The highest BCUT2D eigenvalue weighted by Crippen LogP contribution is 2.46. The Hall–Kier alpha value is -2.24. The number of hydrogen-bond donors (Lipinski definition) is 0. The Morgan fingerprint density at radius 3 is 1.52 bits per heavy atom. The van der Waals surface area contributed by atoms with E-state index < -0.39 is 45.0 Å². The molecule has 0 aliphatic rings. The van der Waals surface area contributed by atoms with Crippen LogP contribution < -0.4 is 0 Å². The molecule has 0 saturated carbocycles. The fourth-order valence-corrected chi connectivity index (χ4v) is 2.90. The van der Waals surface area contributed by atoms with Crippen LogP contribution in [0.1, 0.15) is 16.7 Å². The minimum atomic E-state index is -4.75. The zero-order valence-electron chi connectivity index (χ0n) is 11.8. The van der Waals surface area contributed by atoms with Gasteiger partial charge in [0.15, 0.2) is 0 Å². The van der Waals surface area contributed by atoms with Crippen molar-refractivity contribution in [3.05, 3.63) is 59.2 Å². The maximum absolute atomic E-state index is 13.5. The fraction of sp³-hybridized carbons (Fsp3) is 0.176. The van der Waals surface area contributed by atoms with Gasteiger partial charge in [0.2, 0.25) is 0 Å². The molecule has 0 unspecified atom stereocenters. The summed E-state index contributed by atoms with van der Waals surface area (Å²) in [5, 5.41) is -1.74. The van der Waals surface area contributed by atoms with Gasteiger partial charge >= 0.3 is 12.4 Å². The molecule has 3 aromatic rings. The van der Waals surface area contributed by atoms with Gasteiger partial charge in [0.1, 0.15) is 0 Å². The molecular weight excluding hydrogens is 318 g/mol. The highest BCUT2D eigenvalue weighted by Gasteiger charge is 2.40. The molecule has 0 atom stereocenters. The van der Waals surface area contributed by atoms with Crippen molar-refractivity contribution in [1.82, 2.24) is 0 Å². The summed E-state index contributed by atoms with van der Waals surface area (Å²) in [5.41, 5.74) is -1.60. The predicted octanol–water partition coefficient (Wildman–Crippen LogP) is 6.34. The van der Waals surface area contributed by atoms with Gasteiger partial charge < -0.3 is 0 Å². The normalized spacial score (nSPS) is 13.0. The number of hydrogen-bond acceptors (Lipinski definition) is 0. The van der Waals surface area contributed by atoms with Gasteiger partial charge in [0, 0.05) is 0 Å². The Balaban J connectivity index is 2.68. The van der Waals surface area contributed by atoms with Crippen LogP contribution in [0.15, 0.2) is 42.5 Å². The fourth-order valence-electron chi connectivity index (χ4n) is 2.90. The Morgan fingerprint density at radius 1 is 0.609 bits per heavy atom. The third-order valence-corrected chi connectivity index (χ3v) is 3.75. The monoisotopic (exact) mass is 328 g/mol. The zero-order valence-corrected chi connectivity index (χ0v) is 11.8. The maximum atomic E-state index is 13.5. The van der Waals surface area contributed by atoms with Crippen LogP contribution in [-0.2, 0) is 12.4 Å². The van der Waals surface area contributed by atoms with Gasteiger partial charge in [-0.2, -0.15) is 26.3 Å². The molecule has 120 valence electrons. The van der Waals surface area contributed by atoms with Gasteiger partial charge in [-0.3, -0.25) is 0 Å². The standard InChI is InChI=1S/C17H10F6/c1-9-6-7-12-13(8-9)15(17(21,22)23)11-5-3-2-4-10(11)14(12)16(18,19)20/h2-8H,1H3. The molecule has 0 nitrogen and oxygen atoms in total. The summed E-state index contributed by atoms with van der Waals surface area (Å²) < 4.78 is 81.1. The summed E-state index contributed by atoms with van der Waals surface area (Å²) in [6, 6.07) is 8.40. The van der Waals surface area contributed by atoms with E-state index in [0.717, 1.165) is 24.3 Å². The van der Waals surface area contributed by atoms with Gasteiger partial charge in [0.05, 0.1) is 11.1 Å². The van der Waals surface area contributed by atoms with E-state index in [2.05, 4.69) is 0 Å². The van der Waals surface area contributed by atoms with Crippen molar-refractivity contribution in [3.63, 3.8) is 0 Å².